The van der Waals surface area contributed by atoms with Gasteiger partial charge in [0.05, 0.1) is 22.7 Å². The molecule has 0 N–H and O–H groups in total. The van der Waals surface area contributed by atoms with Crippen LogP contribution in [0.15, 0.2) is 24.3 Å². The molecule has 0 aromatic heterocycles. The summed E-state index contributed by atoms with van der Waals surface area (Å²) in [5.41, 5.74) is 1.10. The molecule has 4 nitrogen and oxygen atoms in total. The van der Waals surface area contributed by atoms with Gasteiger partial charge in [-0.1, -0.05) is 25.0 Å². The van der Waals surface area contributed by atoms with E-state index in [4.69, 9.17) is 0 Å². The molecular formula is C15H16N2O2. The number of carbonyl (C=O) groups excluding carboxylic acids is 2. The number of amides is 2. The van der Waals surface area contributed by atoms with Crippen LogP contribution >= 0.6 is 0 Å². The standard InChI is InChI=1S/C15H16N2O2/c1-15-9-5-4-8-12(15)17(15)16-13(18)10-6-2-3-7-11(10)14(16)19/h2-3,6-7,12H,4-5,8-9H2,1H3. The smallest absolute Gasteiger partial charge is 0.267 e. The minimum atomic E-state index is -0.156. The molecule has 1 aromatic carbocycles. The van der Waals surface area contributed by atoms with E-state index in [0.717, 1.165) is 12.8 Å². The van der Waals surface area contributed by atoms with Gasteiger partial charge in [0.1, 0.15) is 0 Å². The third kappa shape index (κ3) is 1.27. The lowest BCUT2D eigenvalue weighted by Gasteiger charge is -2.19. The minimum Gasteiger partial charge on any atom is -0.267 e. The van der Waals surface area contributed by atoms with Crippen LogP contribution in [-0.4, -0.2) is 33.4 Å². The molecular weight excluding hydrogens is 240 g/mol. The topological polar surface area (TPSA) is 40.4 Å². The largest absolute Gasteiger partial charge is 0.276 e. The predicted molar refractivity (Wildman–Crippen MR) is 69.4 cm³/mol. The van der Waals surface area contributed by atoms with E-state index in [1.54, 1.807) is 12.1 Å². The summed E-state index contributed by atoms with van der Waals surface area (Å²) < 4.78 is 0. The average Bonchev–Trinajstić information content (AvgIpc) is 2.96. The lowest BCUT2D eigenvalue weighted by molar-refractivity contribution is 0.0299. The van der Waals surface area contributed by atoms with Crippen molar-refractivity contribution < 1.29 is 9.59 Å². The number of hydrogen-bond donors (Lipinski definition) is 0. The third-order valence-electron chi connectivity index (χ3n) is 4.87. The van der Waals surface area contributed by atoms with Crippen molar-refractivity contribution in [2.24, 2.45) is 0 Å². The van der Waals surface area contributed by atoms with Gasteiger partial charge in [0.15, 0.2) is 0 Å². The third-order valence-corrected chi connectivity index (χ3v) is 4.87. The van der Waals surface area contributed by atoms with Crippen LogP contribution in [0.25, 0.3) is 0 Å². The molecule has 3 unspecified atom stereocenters. The van der Waals surface area contributed by atoms with Crippen molar-refractivity contribution in [2.45, 2.75) is 44.2 Å². The first-order valence-corrected chi connectivity index (χ1v) is 6.92. The maximum absolute atomic E-state index is 12.4. The van der Waals surface area contributed by atoms with E-state index in [1.807, 2.05) is 17.1 Å². The maximum Gasteiger partial charge on any atom is 0.276 e. The van der Waals surface area contributed by atoms with Crippen LogP contribution in [0.1, 0.15) is 53.3 Å². The zero-order valence-electron chi connectivity index (χ0n) is 10.9. The van der Waals surface area contributed by atoms with Crippen molar-refractivity contribution in [3.63, 3.8) is 0 Å². The van der Waals surface area contributed by atoms with Crippen molar-refractivity contribution in [3.8, 4) is 0 Å². The summed E-state index contributed by atoms with van der Waals surface area (Å²) in [6.07, 6.45) is 4.54. The number of benzene rings is 1. The highest BCUT2D eigenvalue weighted by Gasteiger charge is 2.65. The SMILES string of the molecule is CC12CCCCC1N2N1C(=O)c2ccccc2C1=O. The molecule has 4 heteroatoms. The Balaban J connectivity index is 1.72. The van der Waals surface area contributed by atoms with E-state index in [-0.39, 0.29) is 17.4 Å². The quantitative estimate of drug-likeness (QED) is 0.571. The van der Waals surface area contributed by atoms with Crippen LogP contribution in [-0.2, 0) is 0 Å². The molecule has 4 rings (SSSR count). The molecule has 2 fully saturated rings. The zero-order valence-corrected chi connectivity index (χ0v) is 10.9. The molecule has 0 radical (unpaired) electrons. The fraction of sp³-hybridized carbons (Fsp3) is 0.467. The number of rotatable bonds is 1. The Hall–Kier alpha value is -1.68. The van der Waals surface area contributed by atoms with E-state index in [0.29, 0.717) is 17.2 Å². The maximum atomic E-state index is 12.4. The van der Waals surface area contributed by atoms with E-state index in [9.17, 15) is 9.59 Å². The van der Waals surface area contributed by atoms with Crippen LogP contribution < -0.4 is 0 Å². The van der Waals surface area contributed by atoms with Gasteiger partial charge in [-0.2, -0.15) is 5.01 Å². The fourth-order valence-corrected chi connectivity index (χ4v) is 3.76. The van der Waals surface area contributed by atoms with Gasteiger partial charge < -0.3 is 0 Å². The highest BCUT2D eigenvalue weighted by molar-refractivity contribution is 6.21. The summed E-state index contributed by atoms with van der Waals surface area (Å²) in [5.74, 6) is -0.313. The Bertz CT molecular complexity index is 563. The molecule has 1 aliphatic carbocycles. The molecule has 3 aliphatic rings. The molecule has 19 heavy (non-hydrogen) atoms. The molecule has 3 atom stereocenters. The van der Waals surface area contributed by atoms with Crippen molar-refractivity contribution in [2.75, 3.05) is 0 Å². The molecule has 2 aliphatic heterocycles. The second-order valence-corrected chi connectivity index (χ2v) is 5.93. The van der Waals surface area contributed by atoms with Gasteiger partial charge in [-0.3, -0.25) is 9.59 Å². The van der Waals surface area contributed by atoms with Gasteiger partial charge >= 0.3 is 0 Å². The number of nitrogens with zero attached hydrogens (tertiary/aromatic N) is 2. The summed E-state index contributed by atoms with van der Waals surface area (Å²) in [6.45, 7) is 2.17. The van der Waals surface area contributed by atoms with Crippen molar-refractivity contribution >= 4 is 11.8 Å². The first-order valence-electron chi connectivity index (χ1n) is 6.92. The Morgan fingerprint density at radius 3 is 2.26 bits per heavy atom. The van der Waals surface area contributed by atoms with Crippen molar-refractivity contribution in [1.82, 2.24) is 10.0 Å². The zero-order chi connectivity index (χ0) is 13.2. The van der Waals surface area contributed by atoms with Gasteiger partial charge in [0, 0.05) is 0 Å². The lowest BCUT2D eigenvalue weighted by atomic mass is 9.91. The summed E-state index contributed by atoms with van der Waals surface area (Å²) in [7, 11) is 0. The van der Waals surface area contributed by atoms with Gasteiger partial charge in [-0.15, -0.1) is 0 Å². The average molecular weight is 256 g/mol. The molecule has 0 bridgehead atoms. The van der Waals surface area contributed by atoms with Gasteiger partial charge in [-0.05, 0) is 31.9 Å². The molecule has 2 amide bonds. The first-order chi connectivity index (χ1) is 9.14. The highest BCUT2D eigenvalue weighted by atomic mass is 16.2. The first kappa shape index (κ1) is 11.2. The molecule has 2 heterocycles. The van der Waals surface area contributed by atoms with Gasteiger partial charge in [-0.25, -0.2) is 5.01 Å². The van der Waals surface area contributed by atoms with E-state index in [1.165, 1.54) is 17.9 Å². The van der Waals surface area contributed by atoms with Crippen molar-refractivity contribution in [1.29, 1.82) is 0 Å². The minimum absolute atomic E-state index is 0.0195. The van der Waals surface area contributed by atoms with Crippen LogP contribution in [0.3, 0.4) is 0 Å². The van der Waals surface area contributed by atoms with Crippen LogP contribution in [0.4, 0.5) is 0 Å². The number of fused-ring (bicyclic) bond motifs is 2. The Labute approximate surface area is 112 Å². The lowest BCUT2D eigenvalue weighted by Crippen LogP contribution is -2.38. The van der Waals surface area contributed by atoms with E-state index < -0.39 is 0 Å². The highest BCUT2D eigenvalue weighted by Crippen LogP contribution is 2.53. The van der Waals surface area contributed by atoms with E-state index >= 15 is 0 Å². The Morgan fingerprint density at radius 2 is 1.74 bits per heavy atom. The molecule has 1 saturated carbocycles. The summed E-state index contributed by atoms with van der Waals surface area (Å²) in [5, 5.41) is 3.41. The number of hydrogen-bond acceptors (Lipinski definition) is 3. The fourth-order valence-electron chi connectivity index (χ4n) is 3.76. The van der Waals surface area contributed by atoms with Gasteiger partial charge in [0.25, 0.3) is 11.8 Å². The molecule has 0 spiro atoms. The number of carbonyl (C=O) groups is 2. The Morgan fingerprint density at radius 1 is 1.11 bits per heavy atom. The molecule has 98 valence electrons. The Kier molecular flexibility index (Phi) is 2.03. The van der Waals surface area contributed by atoms with Crippen LogP contribution in [0, 0.1) is 0 Å². The van der Waals surface area contributed by atoms with Crippen molar-refractivity contribution in [3.05, 3.63) is 35.4 Å². The monoisotopic (exact) mass is 256 g/mol. The molecule has 1 saturated heterocycles. The van der Waals surface area contributed by atoms with Gasteiger partial charge in [0.2, 0.25) is 0 Å². The van der Waals surface area contributed by atoms with E-state index in [2.05, 4.69) is 6.92 Å². The normalized spacial score (nSPS) is 36.2. The second kappa shape index (κ2) is 3.45. The summed E-state index contributed by atoms with van der Waals surface area (Å²) in [6, 6.07) is 7.47. The molecule has 1 aromatic rings. The number of hydrazine groups is 1. The number of imide groups is 1. The second-order valence-electron chi connectivity index (χ2n) is 5.93. The summed E-state index contributed by atoms with van der Waals surface area (Å²) >= 11 is 0. The predicted octanol–water partition coefficient (Wildman–Crippen LogP) is 2.21. The van der Waals surface area contributed by atoms with Crippen LogP contribution in [0.2, 0.25) is 0 Å². The summed E-state index contributed by atoms with van der Waals surface area (Å²) in [4.78, 5) is 24.9. The van der Waals surface area contributed by atoms with Crippen LogP contribution in [0.5, 0.6) is 0 Å².